The molecule has 162 valence electrons. The second-order valence-electron chi connectivity index (χ2n) is 7.82. The summed E-state index contributed by atoms with van der Waals surface area (Å²) in [4.78, 5) is 22.3. The molecule has 7 nitrogen and oxygen atoms in total. The fourth-order valence-corrected chi connectivity index (χ4v) is 4.23. The summed E-state index contributed by atoms with van der Waals surface area (Å²) in [5.41, 5.74) is 4.32. The van der Waals surface area contributed by atoms with E-state index in [0.29, 0.717) is 41.1 Å². The summed E-state index contributed by atoms with van der Waals surface area (Å²) in [5.74, 6) is 0.816. The first-order valence-corrected chi connectivity index (χ1v) is 10.7. The normalized spacial score (nSPS) is 14.1. The lowest BCUT2D eigenvalue weighted by Crippen LogP contribution is -2.49. The summed E-state index contributed by atoms with van der Waals surface area (Å²) >= 11 is 0. The van der Waals surface area contributed by atoms with Gasteiger partial charge in [-0.25, -0.2) is 4.98 Å². The minimum atomic E-state index is -0.0273. The first-order chi connectivity index (χ1) is 15.7. The minimum Gasteiger partial charge on any atom is -0.495 e. The molecule has 1 amide bonds. The van der Waals surface area contributed by atoms with Crippen LogP contribution in [0.15, 0.2) is 65.2 Å². The largest absolute Gasteiger partial charge is 0.495 e. The summed E-state index contributed by atoms with van der Waals surface area (Å²) in [6.45, 7) is 4.53. The van der Waals surface area contributed by atoms with Crippen molar-refractivity contribution in [2.24, 2.45) is 0 Å². The maximum atomic E-state index is 13.6. The Hall–Kier alpha value is -3.87. The molecule has 0 N–H and O–H groups in total. The molecule has 3 heterocycles. The summed E-state index contributed by atoms with van der Waals surface area (Å²) in [7, 11) is 1.68. The van der Waals surface area contributed by atoms with Crippen molar-refractivity contribution < 1.29 is 14.1 Å². The third kappa shape index (κ3) is 3.56. The number of aryl methyl sites for hydroxylation is 1. The number of carbonyl (C=O) groups is 1. The van der Waals surface area contributed by atoms with Crippen LogP contribution in [0.4, 0.5) is 5.69 Å². The number of benzene rings is 2. The van der Waals surface area contributed by atoms with Crippen LogP contribution < -0.4 is 9.64 Å². The maximum absolute atomic E-state index is 13.6. The van der Waals surface area contributed by atoms with Gasteiger partial charge in [-0.1, -0.05) is 47.6 Å². The van der Waals surface area contributed by atoms with Gasteiger partial charge in [0.25, 0.3) is 11.6 Å². The van der Waals surface area contributed by atoms with Gasteiger partial charge in [0.2, 0.25) is 0 Å². The number of rotatable bonds is 4. The lowest BCUT2D eigenvalue weighted by molar-refractivity contribution is 0.0748. The zero-order chi connectivity index (χ0) is 22.1. The molecular formula is C25H24N4O3. The van der Waals surface area contributed by atoms with E-state index in [4.69, 9.17) is 9.26 Å². The summed E-state index contributed by atoms with van der Waals surface area (Å²) in [5, 5.41) is 4.74. The van der Waals surface area contributed by atoms with E-state index in [9.17, 15) is 4.79 Å². The van der Waals surface area contributed by atoms with Gasteiger partial charge in [-0.05, 0) is 25.1 Å². The Balaban J connectivity index is 1.43. The van der Waals surface area contributed by atoms with E-state index in [0.717, 1.165) is 30.1 Å². The number of anilines is 1. The van der Waals surface area contributed by atoms with Crippen molar-refractivity contribution in [1.82, 2.24) is 15.0 Å². The smallest absolute Gasteiger partial charge is 0.259 e. The number of para-hydroxylation sites is 2. The number of hydrogen-bond acceptors (Lipinski definition) is 6. The van der Waals surface area contributed by atoms with Gasteiger partial charge in [0.05, 0.1) is 35.1 Å². The lowest BCUT2D eigenvalue weighted by atomic mass is 10.0. The first-order valence-electron chi connectivity index (χ1n) is 10.7. The van der Waals surface area contributed by atoms with Crippen molar-refractivity contribution in [2.45, 2.75) is 6.92 Å². The van der Waals surface area contributed by atoms with E-state index < -0.39 is 0 Å². The molecule has 1 aliphatic heterocycles. The van der Waals surface area contributed by atoms with E-state index in [1.807, 2.05) is 66.4 Å². The van der Waals surface area contributed by atoms with E-state index in [1.165, 1.54) is 0 Å². The highest BCUT2D eigenvalue weighted by Gasteiger charge is 2.27. The molecule has 0 spiro atoms. The fraction of sp³-hybridized carbons (Fsp3) is 0.240. The van der Waals surface area contributed by atoms with Crippen molar-refractivity contribution in [1.29, 1.82) is 0 Å². The van der Waals surface area contributed by atoms with Gasteiger partial charge in [-0.2, -0.15) is 0 Å². The molecule has 1 saturated heterocycles. The van der Waals surface area contributed by atoms with Crippen LogP contribution >= 0.6 is 0 Å². The highest BCUT2D eigenvalue weighted by atomic mass is 16.5. The number of aromatic nitrogens is 2. The van der Waals surface area contributed by atoms with Gasteiger partial charge in [0.15, 0.2) is 0 Å². The van der Waals surface area contributed by atoms with Gasteiger partial charge < -0.3 is 19.1 Å². The Morgan fingerprint density at radius 3 is 2.47 bits per heavy atom. The van der Waals surface area contributed by atoms with Gasteiger partial charge >= 0.3 is 0 Å². The van der Waals surface area contributed by atoms with Crippen LogP contribution in [0.2, 0.25) is 0 Å². The molecule has 0 aliphatic carbocycles. The van der Waals surface area contributed by atoms with Gasteiger partial charge in [-0.15, -0.1) is 0 Å². The molecule has 0 bridgehead atoms. The molecule has 5 rings (SSSR count). The van der Waals surface area contributed by atoms with E-state index in [1.54, 1.807) is 7.11 Å². The molecule has 4 aromatic rings. The van der Waals surface area contributed by atoms with Crippen LogP contribution in [0.25, 0.3) is 22.4 Å². The zero-order valence-corrected chi connectivity index (χ0v) is 18.1. The van der Waals surface area contributed by atoms with Gasteiger partial charge in [0.1, 0.15) is 5.75 Å². The van der Waals surface area contributed by atoms with Crippen molar-refractivity contribution in [3.63, 3.8) is 0 Å². The van der Waals surface area contributed by atoms with Crippen LogP contribution in [-0.2, 0) is 0 Å². The SMILES string of the molecule is COc1ccccc1N1CCN(C(=O)c2cc(-c3ccccc3)nc3onc(C)c23)CC1. The predicted octanol–water partition coefficient (Wildman–Crippen LogP) is 4.17. The van der Waals surface area contributed by atoms with Gasteiger partial charge in [-0.3, -0.25) is 4.79 Å². The molecule has 1 fully saturated rings. The number of methoxy groups -OCH3 is 1. The number of nitrogens with zero attached hydrogens (tertiary/aromatic N) is 4. The third-order valence-corrected chi connectivity index (χ3v) is 5.91. The highest BCUT2D eigenvalue weighted by molar-refractivity contribution is 6.07. The number of piperazine rings is 1. The lowest BCUT2D eigenvalue weighted by Gasteiger charge is -2.36. The van der Waals surface area contributed by atoms with E-state index in [-0.39, 0.29) is 5.91 Å². The Bertz CT molecular complexity index is 1260. The second-order valence-corrected chi connectivity index (χ2v) is 7.82. The summed E-state index contributed by atoms with van der Waals surface area (Å²) < 4.78 is 10.9. The number of hydrogen-bond donors (Lipinski definition) is 0. The topological polar surface area (TPSA) is 71.7 Å². The molecule has 0 atom stereocenters. The number of ether oxygens (including phenoxy) is 1. The number of carbonyl (C=O) groups excluding carboxylic acids is 1. The average molecular weight is 428 g/mol. The molecule has 0 radical (unpaired) electrons. The highest BCUT2D eigenvalue weighted by Crippen LogP contribution is 2.30. The predicted molar refractivity (Wildman–Crippen MR) is 123 cm³/mol. The Kier molecular flexibility index (Phi) is 5.23. The number of fused-ring (bicyclic) bond motifs is 1. The molecular weight excluding hydrogens is 404 g/mol. The van der Waals surface area contributed by atoms with E-state index >= 15 is 0 Å². The molecule has 0 unspecified atom stereocenters. The average Bonchev–Trinajstić information content (AvgIpc) is 3.24. The molecule has 2 aromatic carbocycles. The monoisotopic (exact) mass is 428 g/mol. The Morgan fingerprint density at radius 1 is 1.00 bits per heavy atom. The van der Waals surface area contributed by atoms with Crippen LogP contribution in [0.5, 0.6) is 5.75 Å². The minimum absolute atomic E-state index is 0.0273. The van der Waals surface area contributed by atoms with E-state index in [2.05, 4.69) is 21.1 Å². The fourth-order valence-electron chi connectivity index (χ4n) is 4.23. The molecule has 1 aliphatic rings. The van der Waals surface area contributed by atoms with Gasteiger partial charge in [0, 0.05) is 31.7 Å². The zero-order valence-electron chi connectivity index (χ0n) is 18.1. The van der Waals surface area contributed by atoms with Crippen molar-refractivity contribution in [2.75, 3.05) is 38.2 Å². The van der Waals surface area contributed by atoms with Crippen LogP contribution in [0, 0.1) is 6.92 Å². The second kappa shape index (κ2) is 8.34. The standard InChI is InChI=1S/C25H24N4O3/c1-17-23-19(16-20(26-24(23)32-27-17)18-8-4-3-5-9-18)25(30)29-14-12-28(13-15-29)21-10-6-7-11-22(21)31-2/h3-11,16H,12-15H2,1-2H3. The Labute approximate surface area is 186 Å². The maximum Gasteiger partial charge on any atom is 0.259 e. The Morgan fingerprint density at radius 2 is 1.72 bits per heavy atom. The van der Waals surface area contributed by atoms with Crippen LogP contribution in [0.1, 0.15) is 16.1 Å². The van der Waals surface area contributed by atoms with Crippen LogP contribution in [-0.4, -0.2) is 54.2 Å². The quantitative estimate of drug-likeness (QED) is 0.486. The summed E-state index contributed by atoms with van der Waals surface area (Å²) in [6, 6.07) is 19.6. The van der Waals surface area contributed by atoms with Crippen molar-refractivity contribution >= 4 is 22.7 Å². The number of pyridine rings is 1. The number of amides is 1. The van der Waals surface area contributed by atoms with Crippen molar-refractivity contribution in [3.05, 3.63) is 71.9 Å². The molecule has 2 aromatic heterocycles. The van der Waals surface area contributed by atoms with Crippen LogP contribution in [0.3, 0.4) is 0 Å². The molecule has 0 saturated carbocycles. The van der Waals surface area contributed by atoms with Crippen molar-refractivity contribution in [3.8, 4) is 17.0 Å². The molecule has 7 heteroatoms. The summed E-state index contributed by atoms with van der Waals surface area (Å²) in [6.07, 6.45) is 0. The molecule has 32 heavy (non-hydrogen) atoms. The first kappa shape index (κ1) is 20.1. The third-order valence-electron chi connectivity index (χ3n) is 5.91.